The summed E-state index contributed by atoms with van der Waals surface area (Å²) in [5, 5.41) is 11.8. The van der Waals surface area contributed by atoms with E-state index < -0.39 is 18.0 Å². The summed E-state index contributed by atoms with van der Waals surface area (Å²) in [4.78, 5) is 23.1. The molecule has 1 fully saturated rings. The summed E-state index contributed by atoms with van der Waals surface area (Å²) < 4.78 is 18.2. The van der Waals surface area contributed by atoms with Crippen LogP contribution in [0.4, 0.5) is 4.39 Å². The zero-order valence-electron chi connectivity index (χ0n) is 11.7. The van der Waals surface area contributed by atoms with Gasteiger partial charge >= 0.3 is 5.97 Å². The first kappa shape index (κ1) is 15.3. The molecule has 2 N–H and O–H groups in total. The van der Waals surface area contributed by atoms with Crippen molar-refractivity contribution < 1.29 is 23.8 Å². The molecule has 6 heteroatoms. The maximum atomic E-state index is 12.8. The van der Waals surface area contributed by atoms with Crippen molar-refractivity contribution in [1.82, 2.24) is 5.32 Å². The molecule has 0 aliphatic heterocycles. The maximum Gasteiger partial charge on any atom is 0.308 e. The number of halogens is 1. The molecule has 1 aromatic carbocycles. The van der Waals surface area contributed by atoms with E-state index in [4.69, 9.17) is 9.84 Å². The van der Waals surface area contributed by atoms with Crippen molar-refractivity contribution in [2.45, 2.75) is 38.3 Å². The monoisotopic (exact) mass is 295 g/mol. The molecular weight excluding hydrogens is 277 g/mol. The van der Waals surface area contributed by atoms with Gasteiger partial charge in [0.05, 0.1) is 5.92 Å². The van der Waals surface area contributed by atoms with E-state index in [1.54, 1.807) is 6.92 Å². The van der Waals surface area contributed by atoms with Gasteiger partial charge in [-0.05, 0) is 44.0 Å². The van der Waals surface area contributed by atoms with Gasteiger partial charge in [0, 0.05) is 6.04 Å². The molecule has 0 radical (unpaired) electrons. The fourth-order valence-electron chi connectivity index (χ4n) is 2.50. The molecule has 1 aliphatic rings. The molecule has 3 unspecified atom stereocenters. The molecule has 114 valence electrons. The minimum absolute atomic E-state index is 0.353. The van der Waals surface area contributed by atoms with Crippen molar-refractivity contribution in [2.75, 3.05) is 0 Å². The fourth-order valence-corrected chi connectivity index (χ4v) is 2.50. The Hall–Kier alpha value is -2.11. The molecule has 0 bridgehead atoms. The summed E-state index contributed by atoms with van der Waals surface area (Å²) in [6, 6.07) is 5.02. The van der Waals surface area contributed by atoms with E-state index in [9.17, 15) is 14.0 Å². The van der Waals surface area contributed by atoms with Crippen molar-refractivity contribution >= 4 is 11.9 Å². The van der Waals surface area contributed by atoms with Gasteiger partial charge in [-0.25, -0.2) is 4.39 Å². The highest BCUT2D eigenvalue weighted by Crippen LogP contribution is 2.26. The minimum atomic E-state index is -0.884. The van der Waals surface area contributed by atoms with Crippen LogP contribution < -0.4 is 10.1 Å². The third kappa shape index (κ3) is 3.93. The lowest BCUT2D eigenvalue weighted by atomic mass is 10.0. The predicted molar refractivity (Wildman–Crippen MR) is 73.4 cm³/mol. The van der Waals surface area contributed by atoms with Crippen LogP contribution >= 0.6 is 0 Å². The molecule has 2 rings (SSSR count). The second kappa shape index (κ2) is 6.56. The number of benzene rings is 1. The normalized spacial score (nSPS) is 22.6. The van der Waals surface area contributed by atoms with E-state index in [2.05, 4.69) is 5.32 Å². The van der Waals surface area contributed by atoms with E-state index in [0.29, 0.717) is 18.6 Å². The Labute approximate surface area is 122 Å². The average Bonchev–Trinajstić information content (AvgIpc) is 2.89. The molecule has 1 aromatic rings. The fraction of sp³-hybridized carbons (Fsp3) is 0.467. The number of hydrogen-bond acceptors (Lipinski definition) is 3. The van der Waals surface area contributed by atoms with Crippen molar-refractivity contribution in [3.05, 3.63) is 30.1 Å². The maximum absolute atomic E-state index is 12.8. The summed E-state index contributed by atoms with van der Waals surface area (Å²) in [5.74, 6) is -1.77. The second-order valence-electron chi connectivity index (χ2n) is 5.20. The first-order chi connectivity index (χ1) is 9.97. The van der Waals surface area contributed by atoms with Crippen molar-refractivity contribution in [2.24, 2.45) is 5.92 Å². The smallest absolute Gasteiger partial charge is 0.308 e. The van der Waals surface area contributed by atoms with Crippen LogP contribution in [0.15, 0.2) is 24.3 Å². The number of carbonyl (C=O) groups excluding carboxylic acids is 1. The van der Waals surface area contributed by atoms with E-state index in [-0.39, 0.29) is 17.8 Å². The number of hydrogen-bond donors (Lipinski definition) is 2. The van der Waals surface area contributed by atoms with Crippen LogP contribution in [0.3, 0.4) is 0 Å². The van der Waals surface area contributed by atoms with Crippen LogP contribution in [0.2, 0.25) is 0 Å². The summed E-state index contributed by atoms with van der Waals surface area (Å²) >= 11 is 0. The quantitative estimate of drug-likeness (QED) is 0.870. The Bertz CT molecular complexity index is 517. The first-order valence-electron chi connectivity index (χ1n) is 6.93. The lowest BCUT2D eigenvalue weighted by Gasteiger charge is -2.21. The van der Waals surface area contributed by atoms with Gasteiger partial charge in [0.15, 0.2) is 6.10 Å². The van der Waals surface area contributed by atoms with Crippen LogP contribution in [0.5, 0.6) is 5.75 Å². The molecule has 0 aromatic heterocycles. The number of amides is 1. The summed E-state index contributed by atoms with van der Waals surface area (Å²) in [5.41, 5.74) is 0. The molecule has 21 heavy (non-hydrogen) atoms. The highest BCUT2D eigenvalue weighted by molar-refractivity contribution is 5.82. The number of aliphatic carboxylic acids is 1. The van der Waals surface area contributed by atoms with Gasteiger partial charge in [-0.15, -0.1) is 0 Å². The van der Waals surface area contributed by atoms with Gasteiger partial charge in [-0.2, -0.15) is 0 Å². The Morgan fingerprint density at radius 1 is 1.33 bits per heavy atom. The van der Waals surface area contributed by atoms with Gasteiger partial charge in [0.1, 0.15) is 11.6 Å². The molecule has 0 heterocycles. The molecule has 5 nitrogen and oxygen atoms in total. The zero-order valence-corrected chi connectivity index (χ0v) is 11.7. The largest absolute Gasteiger partial charge is 0.481 e. The van der Waals surface area contributed by atoms with Crippen LogP contribution in [0, 0.1) is 11.7 Å². The number of ether oxygens (including phenoxy) is 1. The molecule has 1 amide bonds. The lowest BCUT2D eigenvalue weighted by molar-refractivity contribution is -0.142. The van der Waals surface area contributed by atoms with Gasteiger partial charge in [-0.3, -0.25) is 9.59 Å². The summed E-state index contributed by atoms with van der Waals surface area (Å²) in [7, 11) is 0. The Morgan fingerprint density at radius 2 is 2.00 bits per heavy atom. The number of carboxylic acids is 1. The van der Waals surface area contributed by atoms with Crippen molar-refractivity contribution in [3.8, 4) is 5.75 Å². The Morgan fingerprint density at radius 3 is 2.62 bits per heavy atom. The molecule has 0 spiro atoms. The lowest BCUT2D eigenvalue weighted by Crippen LogP contribution is -2.45. The van der Waals surface area contributed by atoms with E-state index in [1.165, 1.54) is 24.3 Å². The van der Waals surface area contributed by atoms with Crippen LogP contribution in [0.1, 0.15) is 26.2 Å². The predicted octanol–water partition coefficient (Wildman–Crippen LogP) is 1.96. The van der Waals surface area contributed by atoms with Crippen LogP contribution in [-0.2, 0) is 9.59 Å². The molecule has 1 saturated carbocycles. The van der Waals surface area contributed by atoms with E-state index in [1.807, 2.05) is 0 Å². The van der Waals surface area contributed by atoms with Crippen molar-refractivity contribution in [1.29, 1.82) is 0 Å². The van der Waals surface area contributed by atoms with Gasteiger partial charge in [-0.1, -0.05) is 6.42 Å². The number of carboxylic acid groups (broad SMARTS) is 1. The topological polar surface area (TPSA) is 75.6 Å². The molecule has 1 aliphatic carbocycles. The van der Waals surface area contributed by atoms with Crippen LogP contribution in [0.25, 0.3) is 0 Å². The zero-order chi connectivity index (χ0) is 15.4. The highest BCUT2D eigenvalue weighted by Gasteiger charge is 2.34. The van der Waals surface area contributed by atoms with Gasteiger partial charge < -0.3 is 15.2 Å². The molecule has 3 atom stereocenters. The third-order valence-electron chi connectivity index (χ3n) is 3.66. The van der Waals surface area contributed by atoms with E-state index in [0.717, 1.165) is 6.42 Å². The SMILES string of the molecule is CC(Oc1ccc(F)cc1)C(=O)NC1CCCC1C(=O)O. The number of nitrogens with one attached hydrogen (secondary N) is 1. The Kier molecular flexibility index (Phi) is 4.77. The highest BCUT2D eigenvalue weighted by atomic mass is 19.1. The summed E-state index contributed by atoms with van der Waals surface area (Å²) in [6.45, 7) is 1.57. The summed E-state index contributed by atoms with van der Waals surface area (Å²) in [6.07, 6.45) is 1.25. The standard InChI is InChI=1S/C15H18FNO4/c1-9(21-11-7-5-10(16)6-8-11)14(18)17-13-4-2-3-12(13)15(19)20/h5-9,12-13H,2-4H2,1H3,(H,17,18)(H,19,20). The van der Waals surface area contributed by atoms with E-state index >= 15 is 0 Å². The molecule has 0 saturated heterocycles. The van der Waals surface area contributed by atoms with Gasteiger partial charge in [0.25, 0.3) is 5.91 Å². The van der Waals surface area contributed by atoms with Crippen molar-refractivity contribution in [3.63, 3.8) is 0 Å². The first-order valence-corrected chi connectivity index (χ1v) is 6.93. The minimum Gasteiger partial charge on any atom is -0.481 e. The number of carbonyl (C=O) groups is 2. The van der Waals surface area contributed by atoms with Crippen LogP contribution in [-0.4, -0.2) is 29.1 Å². The average molecular weight is 295 g/mol. The Balaban J connectivity index is 1.90. The van der Waals surface area contributed by atoms with Gasteiger partial charge in [0.2, 0.25) is 0 Å². The molecular formula is C15H18FNO4. The number of rotatable bonds is 5. The second-order valence-corrected chi connectivity index (χ2v) is 5.20. The third-order valence-corrected chi connectivity index (χ3v) is 3.66.